The molecule has 2 N–H and O–H groups in total. The summed E-state index contributed by atoms with van der Waals surface area (Å²) < 4.78 is 0. The monoisotopic (exact) mass is 377 g/mol. The van der Waals surface area contributed by atoms with E-state index in [-0.39, 0.29) is 0 Å². The molecule has 5 nitrogen and oxygen atoms in total. The molecule has 1 saturated heterocycles. The van der Waals surface area contributed by atoms with Crippen LogP contribution in [0.2, 0.25) is 0 Å². The van der Waals surface area contributed by atoms with Crippen LogP contribution in [0, 0.1) is 11.8 Å². The highest BCUT2D eigenvalue weighted by molar-refractivity contribution is 7.98. The standard InChI is InChI=1S/C16H23NS.C4H4O4/c1-17-10-13-4-3-5-15(16(13)11-17)12-6-8-14(18-2)9-7-12;5-3(6)1-2-4(7)8/h6-9,13,15-16H,3-5,10-11H2,1-2H3;1-2H,(H,5,6)(H,7,8)/b;2-1+. The first kappa shape index (κ1) is 20.5. The van der Waals surface area contributed by atoms with Crippen LogP contribution in [0.5, 0.6) is 0 Å². The summed E-state index contributed by atoms with van der Waals surface area (Å²) in [4.78, 5) is 23.0. The molecule has 1 aromatic rings. The molecule has 0 radical (unpaired) electrons. The van der Waals surface area contributed by atoms with Crippen LogP contribution in [-0.2, 0) is 9.59 Å². The molecule has 142 valence electrons. The summed E-state index contributed by atoms with van der Waals surface area (Å²) in [5, 5.41) is 15.6. The first-order valence-electron chi connectivity index (χ1n) is 8.87. The van der Waals surface area contributed by atoms with Crippen molar-refractivity contribution in [1.82, 2.24) is 4.90 Å². The normalized spacial score (nSPS) is 25.4. The summed E-state index contributed by atoms with van der Waals surface area (Å²) in [6, 6.07) is 9.33. The lowest BCUT2D eigenvalue weighted by molar-refractivity contribution is -0.134. The Balaban J connectivity index is 0.000000260. The third-order valence-corrected chi connectivity index (χ3v) is 5.94. The van der Waals surface area contributed by atoms with E-state index in [2.05, 4.69) is 42.5 Å². The molecule has 26 heavy (non-hydrogen) atoms. The number of hydrogen-bond acceptors (Lipinski definition) is 4. The van der Waals surface area contributed by atoms with Crippen LogP contribution in [0.4, 0.5) is 0 Å². The Bertz CT molecular complexity index is 628. The predicted molar refractivity (Wildman–Crippen MR) is 104 cm³/mol. The molecule has 0 amide bonds. The van der Waals surface area contributed by atoms with Gasteiger partial charge in [-0.3, -0.25) is 0 Å². The van der Waals surface area contributed by atoms with Gasteiger partial charge in [-0.25, -0.2) is 9.59 Å². The van der Waals surface area contributed by atoms with Crippen molar-refractivity contribution in [3.63, 3.8) is 0 Å². The maximum Gasteiger partial charge on any atom is 0.328 e. The van der Waals surface area contributed by atoms with E-state index in [0.717, 1.165) is 17.8 Å². The minimum absolute atomic E-state index is 0.558. The fourth-order valence-electron chi connectivity index (χ4n) is 4.10. The van der Waals surface area contributed by atoms with Crippen molar-refractivity contribution in [2.24, 2.45) is 11.8 Å². The Hall–Kier alpha value is -1.79. The van der Waals surface area contributed by atoms with Crippen LogP contribution in [0.25, 0.3) is 0 Å². The zero-order valence-electron chi connectivity index (χ0n) is 15.3. The molecule has 0 bridgehead atoms. The van der Waals surface area contributed by atoms with Gasteiger partial charge < -0.3 is 15.1 Å². The summed E-state index contributed by atoms with van der Waals surface area (Å²) in [6.07, 6.45) is 7.54. The Morgan fingerprint density at radius 3 is 2.23 bits per heavy atom. The molecule has 1 aliphatic carbocycles. The van der Waals surface area contributed by atoms with Gasteiger partial charge in [-0.05, 0) is 61.6 Å². The van der Waals surface area contributed by atoms with E-state index in [1.807, 2.05) is 11.8 Å². The second kappa shape index (κ2) is 9.78. The van der Waals surface area contributed by atoms with Gasteiger partial charge in [0.25, 0.3) is 0 Å². The minimum atomic E-state index is -1.26. The van der Waals surface area contributed by atoms with Gasteiger partial charge in [0.1, 0.15) is 0 Å². The Morgan fingerprint density at radius 2 is 1.69 bits per heavy atom. The number of benzene rings is 1. The molecule has 1 aliphatic heterocycles. The van der Waals surface area contributed by atoms with Gasteiger partial charge >= 0.3 is 11.9 Å². The van der Waals surface area contributed by atoms with E-state index in [0.29, 0.717) is 12.2 Å². The lowest BCUT2D eigenvalue weighted by Gasteiger charge is -2.33. The molecule has 6 heteroatoms. The number of nitrogens with zero attached hydrogens (tertiary/aromatic N) is 1. The highest BCUT2D eigenvalue weighted by Crippen LogP contribution is 2.44. The zero-order valence-corrected chi connectivity index (χ0v) is 16.1. The highest BCUT2D eigenvalue weighted by Gasteiger charge is 2.39. The number of likely N-dealkylation sites (tertiary alicyclic amines) is 1. The van der Waals surface area contributed by atoms with Crippen LogP contribution in [0.1, 0.15) is 30.7 Å². The van der Waals surface area contributed by atoms with Gasteiger partial charge in [-0.15, -0.1) is 11.8 Å². The van der Waals surface area contributed by atoms with Gasteiger partial charge in [-0.1, -0.05) is 18.6 Å². The van der Waals surface area contributed by atoms with Gasteiger partial charge in [0, 0.05) is 30.1 Å². The number of carboxylic acid groups (broad SMARTS) is 2. The average molecular weight is 378 g/mol. The van der Waals surface area contributed by atoms with E-state index in [1.165, 1.54) is 37.2 Å². The lowest BCUT2D eigenvalue weighted by Crippen LogP contribution is -2.25. The molecular formula is C20H27NO4S. The summed E-state index contributed by atoms with van der Waals surface area (Å²) in [7, 11) is 2.28. The van der Waals surface area contributed by atoms with Crippen molar-refractivity contribution < 1.29 is 19.8 Å². The molecule has 0 spiro atoms. The van der Waals surface area contributed by atoms with Crippen molar-refractivity contribution in [2.75, 3.05) is 26.4 Å². The van der Waals surface area contributed by atoms with E-state index in [4.69, 9.17) is 10.2 Å². The Kier molecular flexibility index (Phi) is 7.72. The first-order chi connectivity index (χ1) is 12.4. The van der Waals surface area contributed by atoms with Gasteiger partial charge in [-0.2, -0.15) is 0 Å². The molecule has 1 aromatic carbocycles. The number of carboxylic acids is 2. The number of carbonyl (C=O) groups is 2. The molecule has 1 heterocycles. The lowest BCUT2D eigenvalue weighted by atomic mass is 9.71. The van der Waals surface area contributed by atoms with E-state index in [9.17, 15) is 9.59 Å². The van der Waals surface area contributed by atoms with Gasteiger partial charge in [0.15, 0.2) is 0 Å². The fourth-order valence-corrected chi connectivity index (χ4v) is 4.51. The van der Waals surface area contributed by atoms with Crippen LogP contribution in [0.3, 0.4) is 0 Å². The fraction of sp³-hybridized carbons (Fsp3) is 0.500. The summed E-state index contributed by atoms with van der Waals surface area (Å²) in [5.74, 6) is 0.155. The summed E-state index contributed by atoms with van der Waals surface area (Å²) >= 11 is 1.84. The number of fused-ring (bicyclic) bond motifs is 1. The second-order valence-electron chi connectivity index (χ2n) is 6.97. The predicted octanol–water partition coefficient (Wildman–Crippen LogP) is 3.57. The molecule has 3 rings (SSSR count). The van der Waals surface area contributed by atoms with Crippen molar-refractivity contribution in [3.05, 3.63) is 42.0 Å². The maximum absolute atomic E-state index is 9.55. The molecule has 2 fully saturated rings. The number of thioether (sulfide) groups is 1. The number of hydrogen-bond donors (Lipinski definition) is 2. The molecular weight excluding hydrogens is 350 g/mol. The summed E-state index contributed by atoms with van der Waals surface area (Å²) in [5.41, 5.74) is 1.58. The third kappa shape index (κ3) is 5.88. The molecule has 2 aliphatic rings. The molecule has 0 aromatic heterocycles. The van der Waals surface area contributed by atoms with Crippen LogP contribution >= 0.6 is 11.8 Å². The average Bonchev–Trinajstić information content (AvgIpc) is 3.01. The SMILES string of the molecule is CSc1ccc(C2CCCC3CN(C)CC32)cc1.O=C(O)/C=C/C(=O)O. The van der Waals surface area contributed by atoms with Crippen molar-refractivity contribution in [3.8, 4) is 0 Å². The van der Waals surface area contributed by atoms with Crippen LogP contribution < -0.4 is 0 Å². The van der Waals surface area contributed by atoms with Crippen molar-refractivity contribution in [2.45, 2.75) is 30.1 Å². The number of rotatable bonds is 4. The zero-order chi connectivity index (χ0) is 19.1. The van der Waals surface area contributed by atoms with Crippen LogP contribution in [0.15, 0.2) is 41.3 Å². The molecule has 3 atom stereocenters. The van der Waals surface area contributed by atoms with Crippen LogP contribution in [-0.4, -0.2) is 53.4 Å². The number of aliphatic carboxylic acids is 2. The maximum atomic E-state index is 9.55. The molecule has 3 unspecified atom stereocenters. The third-order valence-electron chi connectivity index (χ3n) is 5.19. The van der Waals surface area contributed by atoms with E-state index >= 15 is 0 Å². The van der Waals surface area contributed by atoms with E-state index in [1.54, 1.807) is 5.56 Å². The summed E-state index contributed by atoms with van der Waals surface area (Å²) in [6.45, 7) is 2.63. The molecule has 1 saturated carbocycles. The smallest absolute Gasteiger partial charge is 0.328 e. The van der Waals surface area contributed by atoms with Crippen molar-refractivity contribution in [1.29, 1.82) is 0 Å². The van der Waals surface area contributed by atoms with E-state index < -0.39 is 11.9 Å². The van der Waals surface area contributed by atoms with Crippen molar-refractivity contribution >= 4 is 23.7 Å². The second-order valence-corrected chi connectivity index (χ2v) is 7.85. The Morgan fingerprint density at radius 1 is 1.08 bits per heavy atom. The van der Waals surface area contributed by atoms with Gasteiger partial charge in [0.05, 0.1) is 0 Å². The topological polar surface area (TPSA) is 77.8 Å². The quantitative estimate of drug-likeness (QED) is 0.617. The minimum Gasteiger partial charge on any atom is -0.478 e. The highest BCUT2D eigenvalue weighted by atomic mass is 32.2. The largest absolute Gasteiger partial charge is 0.478 e. The first-order valence-corrected chi connectivity index (χ1v) is 10.1. The Labute approximate surface area is 159 Å². The van der Waals surface area contributed by atoms with Gasteiger partial charge in [0.2, 0.25) is 0 Å².